The second-order valence-corrected chi connectivity index (χ2v) is 7.65. The molecule has 26 heavy (non-hydrogen) atoms. The minimum absolute atomic E-state index is 0.0649. The summed E-state index contributed by atoms with van der Waals surface area (Å²) in [6.07, 6.45) is 3.11. The number of carbonyl (C=O) groups excluding carboxylic acids is 1. The smallest absolute Gasteiger partial charge is 0.291 e. The van der Waals surface area contributed by atoms with E-state index >= 15 is 0 Å². The molecule has 2 heterocycles. The molecule has 0 bridgehead atoms. The number of aromatic hydroxyl groups is 1. The van der Waals surface area contributed by atoms with Gasteiger partial charge in [0, 0.05) is 18.7 Å². The van der Waals surface area contributed by atoms with Crippen molar-refractivity contribution >= 4 is 17.8 Å². The van der Waals surface area contributed by atoms with Crippen LogP contribution in [0.1, 0.15) is 49.7 Å². The minimum Gasteiger partial charge on any atom is -0.494 e. The van der Waals surface area contributed by atoms with Crippen molar-refractivity contribution in [3.05, 3.63) is 27.7 Å². The number of hydrogen-bond donors (Lipinski definition) is 2. The zero-order valence-electron chi connectivity index (χ0n) is 15.3. The molecule has 1 fully saturated rings. The number of fused-ring (bicyclic) bond motifs is 1. The first-order valence-corrected chi connectivity index (χ1v) is 8.44. The van der Waals surface area contributed by atoms with Crippen molar-refractivity contribution in [2.45, 2.75) is 46.2 Å². The largest absolute Gasteiger partial charge is 0.494 e. The van der Waals surface area contributed by atoms with Gasteiger partial charge < -0.3 is 15.3 Å². The Hall–Kier alpha value is -2.84. The van der Waals surface area contributed by atoms with Crippen molar-refractivity contribution in [2.75, 3.05) is 7.11 Å². The van der Waals surface area contributed by atoms with Gasteiger partial charge in [-0.3, -0.25) is 14.2 Å². The molecule has 0 spiro atoms. The molecule has 1 aliphatic carbocycles. The molecule has 0 radical (unpaired) electrons. The van der Waals surface area contributed by atoms with E-state index in [1.54, 1.807) is 6.07 Å². The van der Waals surface area contributed by atoms with E-state index < -0.39 is 11.5 Å². The van der Waals surface area contributed by atoms with E-state index in [0.29, 0.717) is 17.9 Å². The predicted octanol–water partition coefficient (Wildman–Crippen LogP) is 1.12. The van der Waals surface area contributed by atoms with Gasteiger partial charge >= 0.3 is 0 Å². The molecule has 0 atom stereocenters. The maximum Gasteiger partial charge on any atom is 0.291 e. The lowest BCUT2D eigenvalue weighted by Gasteiger charge is -2.23. The maximum absolute atomic E-state index is 12.8. The number of nitrogens with one attached hydrogen (secondary N) is 1. The lowest BCUT2D eigenvalue weighted by molar-refractivity contribution is 0.0944. The van der Waals surface area contributed by atoms with Crippen LogP contribution in [0.25, 0.3) is 5.65 Å². The maximum atomic E-state index is 12.8. The highest BCUT2D eigenvalue weighted by Crippen LogP contribution is 2.26. The molecule has 1 saturated carbocycles. The highest BCUT2D eigenvalue weighted by atomic mass is 16.6. The van der Waals surface area contributed by atoms with Crippen LogP contribution in [-0.4, -0.2) is 44.6 Å². The number of nitrogens with zero attached hydrogens (tertiary/aromatic N) is 4. The summed E-state index contributed by atoms with van der Waals surface area (Å²) in [5, 5.41) is 21.3. The third kappa shape index (κ3) is 3.56. The summed E-state index contributed by atoms with van der Waals surface area (Å²) in [6, 6.07) is 1.67. The van der Waals surface area contributed by atoms with Crippen LogP contribution in [0.5, 0.6) is 5.88 Å². The van der Waals surface area contributed by atoms with Gasteiger partial charge in [-0.2, -0.15) is 9.61 Å². The topological polar surface area (TPSA) is 110 Å². The van der Waals surface area contributed by atoms with Crippen molar-refractivity contribution in [2.24, 2.45) is 10.6 Å². The Bertz CT molecular complexity index is 931. The summed E-state index contributed by atoms with van der Waals surface area (Å²) < 4.78 is 2.64. The molecule has 0 aromatic carbocycles. The number of aromatic nitrogens is 3. The van der Waals surface area contributed by atoms with Gasteiger partial charge in [0.1, 0.15) is 18.5 Å². The zero-order chi connectivity index (χ0) is 19.1. The molecule has 0 saturated heterocycles. The first-order chi connectivity index (χ1) is 12.2. The summed E-state index contributed by atoms with van der Waals surface area (Å²) in [6.45, 7) is 6.37. The van der Waals surface area contributed by atoms with E-state index in [9.17, 15) is 14.7 Å². The van der Waals surface area contributed by atoms with Gasteiger partial charge in [-0.25, -0.2) is 0 Å². The Balaban J connectivity index is 2.21. The molecule has 2 aromatic heterocycles. The fraction of sp³-hybridized carbons (Fsp3) is 0.529. The highest BCUT2D eigenvalue weighted by Gasteiger charge is 2.30. The molecule has 140 valence electrons. The molecular weight excluding hydrogens is 338 g/mol. The van der Waals surface area contributed by atoms with E-state index in [1.165, 1.54) is 17.9 Å². The van der Waals surface area contributed by atoms with E-state index in [1.807, 2.05) is 20.8 Å². The van der Waals surface area contributed by atoms with Gasteiger partial charge in [-0.1, -0.05) is 25.9 Å². The third-order valence-electron chi connectivity index (χ3n) is 3.93. The molecule has 0 unspecified atom stereocenters. The van der Waals surface area contributed by atoms with Gasteiger partial charge in [-0.15, -0.1) is 0 Å². The first kappa shape index (κ1) is 18.0. The SMILES string of the molecule is CON=Cc1cc2n(CC(C)(C)C)c(O)c(C(=O)NC3CC3)c(=O)n2n1. The van der Waals surface area contributed by atoms with Gasteiger partial charge in [0.05, 0.1) is 6.21 Å². The lowest BCUT2D eigenvalue weighted by Crippen LogP contribution is -2.35. The van der Waals surface area contributed by atoms with Gasteiger partial charge in [0.25, 0.3) is 11.5 Å². The third-order valence-corrected chi connectivity index (χ3v) is 3.93. The fourth-order valence-electron chi connectivity index (χ4n) is 2.66. The quantitative estimate of drug-likeness (QED) is 0.612. The Kier molecular flexibility index (Phi) is 4.47. The van der Waals surface area contributed by atoms with Gasteiger partial charge in [0.2, 0.25) is 5.88 Å². The van der Waals surface area contributed by atoms with Crippen LogP contribution in [0.15, 0.2) is 16.0 Å². The monoisotopic (exact) mass is 361 g/mol. The molecule has 2 aromatic rings. The van der Waals surface area contributed by atoms with Crippen LogP contribution in [0.2, 0.25) is 0 Å². The number of hydrogen-bond acceptors (Lipinski definition) is 6. The van der Waals surface area contributed by atoms with Gasteiger partial charge in [0.15, 0.2) is 5.56 Å². The summed E-state index contributed by atoms with van der Waals surface area (Å²) in [5.41, 5.74) is -0.416. The second-order valence-electron chi connectivity index (χ2n) is 7.65. The molecule has 9 nitrogen and oxygen atoms in total. The Morgan fingerprint density at radius 3 is 2.77 bits per heavy atom. The standard InChI is InChI=1S/C17H23N5O4/c1-17(2,3)9-21-12-7-11(8-18-26-4)20-22(12)16(25)13(15(21)24)14(23)19-10-5-6-10/h7-8,10,24H,5-6,9H2,1-4H3,(H,19,23). The number of rotatable bonds is 5. The fourth-order valence-corrected chi connectivity index (χ4v) is 2.66. The van der Waals surface area contributed by atoms with E-state index in [0.717, 1.165) is 17.4 Å². The summed E-state index contributed by atoms with van der Waals surface area (Å²) in [4.78, 5) is 29.9. The van der Waals surface area contributed by atoms with Crippen LogP contribution in [0.4, 0.5) is 0 Å². The zero-order valence-corrected chi connectivity index (χ0v) is 15.3. The van der Waals surface area contributed by atoms with Crippen molar-refractivity contribution < 1.29 is 14.7 Å². The predicted molar refractivity (Wildman–Crippen MR) is 95.7 cm³/mol. The number of carbonyl (C=O) groups is 1. The molecule has 0 aliphatic heterocycles. The molecule has 3 rings (SSSR count). The van der Waals surface area contributed by atoms with Crippen molar-refractivity contribution in [1.29, 1.82) is 0 Å². The second kappa shape index (κ2) is 6.47. The average Bonchev–Trinajstić information content (AvgIpc) is 3.24. The van der Waals surface area contributed by atoms with E-state index in [-0.39, 0.29) is 22.9 Å². The minimum atomic E-state index is -0.669. The highest BCUT2D eigenvalue weighted by molar-refractivity contribution is 5.96. The molecule has 2 N–H and O–H groups in total. The summed E-state index contributed by atoms with van der Waals surface area (Å²) >= 11 is 0. The van der Waals surface area contributed by atoms with Crippen molar-refractivity contribution in [3.63, 3.8) is 0 Å². The van der Waals surface area contributed by atoms with E-state index in [2.05, 4.69) is 20.4 Å². The normalized spacial score (nSPS) is 14.9. The average molecular weight is 361 g/mol. The van der Waals surface area contributed by atoms with Crippen molar-refractivity contribution in [3.8, 4) is 5.88 Å². The lowest BCUT2D eigenvalue weighted by atomic mass is 9.96. The molecule has 1 aliphatic rings. The van der Waals surface area contributed by atoms with Crippen LogP contribution in [0.3, 0.4) is 0 Å². The molecule has 9 heteroatoms. The van der Waals surface area contributed by atoms with Crippen LogP contribution in [-0.2, 0) is 11.4 Å². The summed E-state index contributed by atoms with van der Waals surface area (Å²) in [7, 11) is 1.40. The van der Waals surface area contributed by atoms with Crippen LogP contribution < -0.4 is 10.9 Å². The summed E-state index contributed by atoms with van der Waals surface area (Å²) in [5.74, 6) is -0.937. The molecular formula is C17H23N5O4. The first-order valence-electron chi connectivity index (χ1n) is 8.44. The Morgan fingerprint density at radius 1 is 1.50 bits per heavy atom. The van der Waals surface area contributed by atoms with Crippen molar-refractivity contribution in [1.82, 2.24) is 19.5 Å². The number of oxime groups is 1. The number of amides is 1. The molecule has 1 amide bonds. The van der Waals surface area contributed by atoms with Gasteiger partial charge in [-0.05, 0) is 18.3 Å². The van der Waals surface area contributed by atoms with Crippen LogP contribution in [0, 0.1) is 5.41 Å². The van der Waals surface area contributed by atoms with Crippen LogP contribution >= 0.6 is 0 Å². The van der Waals surface area contributed by atoms with E-state index in [4.69, 9.17) is 0 Å². The Labute approximate surface area is 150 Å². The Morgan fingerprint density at radius 2 is 2.19 bits per heavy atom.